The molecule has 0 fully saturated rings. The Morgan fingerprint density at radius 1 is 1.30 bits per heavy atom. The van der Waals surface area contributed by atoms with E-state index in [1.165, 1.54) is 4.80 Å². The van der Waals surface area contributed by atoms with Crippen LogP contribution in [0.1, 0.15) is 9.80 Å². The summed E-state index contributed by atoms with van der Waals surface area (Å²) >= 11 is 1.16. The number of primary amides is 1. The maximum Gasteiger partial charge on any atom is 0.277 e. The molecule has 1 aromatic carbocycles. The minimum absolute atomic E-state index is 0.228. The number of hydrogen-bond donors (Lipinski definition) is 1. The van der Waals surface area contributed by atoms with E-state index in [9.17, 15) is 4.79 Å². The van der Waals surface area contributed by atoms with E-state index >= 15 is 0 Å². The highest BCUT2D eigenvalue weighted by molar-refractivity contribution is 7.17. The Hall–Kier alpha value is -2.61. The summed E-state index contributed by atoms with van der Waals surface area (Å²) in [5, 5.41) is 12.1. The van der Waals surface area contributed by atoms with Gasteiger partial charge in [-0.15, -0.1) is 21.5 Å². The van der Waals surface area contributed by atoms with Crippen LogP contribution in [0.5, 0.6) is 0 Å². The SMILES string of the molecule is Cn1nnc(-c2sc(C(N)=O)nc2-c2ccccc2)n1. The van der Waals surface area contributed by atoms with Crippen molar-refractivity contribution in [1.29, 1.82) is 0 Å². The van der Waals surface area contributed by atoms with Crippen molar-refractivity contribution in [2.45, 2.75) is 0 Å². The molecule has 2 heterocycles. The molecule has 3 aromatic rings. The van der Waals surface area contributed by atoms with Gasteiger partial charge in [0.25, 0.3) is 5.91 Å². The molecule has 2 aromatic heterocycles. The Morgan fingerprint density at radius 2 is 2.05 bits per heavy atom. The highest BCUT2D eigenvalue weighted by atomic mass is 32.1. The van der Waals surface area contributed by atoms with Crippen molar-refractivity contribution in [3.8, 4) is 22.0 Å². The summed E-state index contributed by atoms with van der Waals surface area (Å²) in [5.74, 6) is -0.140. The first-order valence-electron chi connectivity index (χ1n) is 5.75. The maximum atomic E-state index is 11.3. The molecule has 0 aliphatic carbocycles. The number of carbonyl (C=O) groups is 1. The third-order valence-electron chi connectivity index (χ3n) is 2.60. The minimum atomic E-state index is -0.567. The molecule has 0 saturated heterocycles. The number of benzene rings is 1. The lowest BCUT2D eigenvalue weighted by molar-refractivity contribution is 0.1000. The van der Waals surface area contributed by atoms with Crippen LogP contribution in [0.25, 0.3) is 22.0 Å². The molecule has 100 valence electrons. The highest BCUT2D eigenvalue weighted by Crippen LogP contribution is 2.34. The number of hydrogen-bond acceptors (Lipinski definition) is 6. The van der Waals surface area contributed by atoms with E-state index in [-0.39, 0.29) is 5.01 Å². The predicted molar refractivity (Wildman–Crippen MR) is 73.9 cm³/mol. The van der Waals surface area contributed by atoms with Crippen LogP contribution in [0.15, 0.2) is 30.3 Å². The normalized spacial score (nSPS) is 10.7. The molecule has 8 heteroatoms. The standard InChI is InChI=1S/C12H10N6OS/c1-18-16-11(15-17-18)9-8(7-5-3-2-4-6-7)14-12(20-9)10(13)19/h2-6H,1H3,(H2,13,19). The average Bonchev–Trinajstić information content (AvgIpc) is 3.05. The third kappa shape index (κ3) is 2.16. The zero-order valence-electron chi connectivity index (χ0n) is 10.5. The van der Waals surface area contributed by atoms with E-state index in [0.29, 0.717) is 16.4 Å². The van der Waals surface area contributed by atoms with Gasteiger partial charge in [-0.2, -0.15) is 4.80 Å². The van der Waals surface area contributed by atoms with Gasteiger partial charge in [-0.3, -0.25) is 4.79 Å². The summed E-state index contributed by atoms with van der Waals surface area (Å²) in [6, 6.07) is 9.50. The molecule has 1 amide bonds. The van der Waals surface area contributed by atoms with Gasteiger partial charge in [-0.1, -0.05) is 30.3 Å². The van der Waals surface area contributed by atoms with Crippen molar-refractivity contribution < 1.29 is 4.79 Å². The van der Waals surface area contributed by atoms with Crippen molar-refractivity contribution in [2.24, 2.45) is 12.8 Å². The molecule has 2 N–H and O–H groups in total. The first-order chi connectivity index (χ1) is 9.65. The van der Waals surface area contributed by atoms with E-state index < -0.39 is 5.91 Å². The van der Waals surface area contributed by atoms with Gasteiger partial charge >= 0.3 is 0 Å². The Bertz CT molecular complexity index is 763. The predicted octanol–water partition coefficient (Wildman–Crippen LogP) is 1.10. The number of aryl methyl sites for hydroxylation is 1. The van der Waals surface area contributed by atoms with Gasteiger partial charge in [-0.05, 0) is 5.21 Å². The van der Waals surface area contributed by atoms with Crippen molar-refractivity contribution in [3.63, 3.8) is 0 Å². The smallest absolute Gasteiger partial charge is 0.277 e. The Balaban J connectivity index is 2.20. The zero-order valence-corrected chi connectivity index (χ0v) is 11.3. The molecule has 0 unspecified atom stereocenters. The van der Waals surface area contributed by atoms with Crippen LogP contribution < -0.4 is 5.73 Å². The molecule has 20 heavy (non-hydrogen) atoms. The fourth-order valence-corrected chi connectivity index (χ4v) is 2.61. The second kappa shape index (κ2) is 4.82. The molecular formula is C12H10N6OS. The molecule has 0 aliphatic heterocycles. The largest absolute Gasteiger partial charge is 0.364 e. The van der Waals surface area contributed by atoms with Crippen LogP contribution in [-0.4, -0.2) is 31.1 Å². The van der Waals surface area contributed by atoms with Crippen LogP contribution in [0.2, 0.25) is 0 Å². The van der Waals surface area contributed by atoms with E-state index in [4.69, 9.17) is 5.73 Å². The summed E-state index contributed by atoms with van der Waals surface area (Å²) in [6.07, 6.45) is 0. The van der Waals surface area contributed by atoms with Gasteiger partial charge in [0, 0.05) is 5.56 Å². The Labute approximate surface area is 118 Å². The van der Waals surface area contributed by atoms with E-state index in [2.05, 4.69) is 20.4 Å². The number of carbonyl (C=O) groups excluding carboxylic acids is 1. The topological polar surface area (TPSA) is 99.6 Å². The number of nitrogens with zero attached hydrogens (tertiary/aromatic N) is 5. The van der Waals surface area contributed by atoms with Crippen molar-refractivity contribution >= 4 is 17.2 Å². The molecular weight excluding hydrogens is 276 g/mol. The van der Waals surface area contributed by atoms with E-state index in [0.717, 1.165) is 16.9 Å². The van der Waals surface area contributed by atoms with Gasteiger partial charge in [0.1, 0.15) is 4.88 Å². The average molecular weight is 286 g/mol. The zero-order chi connectivity index (χ0) is 14.1. The van der Waals surface area contributed by atoms with Gasteiger partial charge < -0.3 is 5.73 Å². The lowest BCUT2D eigenvalue weighted by Crippen LogP contribution is -2.10. The number of nitrogens with two attached hydrogens (primary N) is 1. The summed E-state index contributed by atoms with van der Waals surface area (Å²) in [6.45, 7) is 0. The summed E-state index contributed by atoms with van der Waals surface area (Å²) in [4.78, 5) is 17.7. The quantitative estimate of drug-likeness (QED) is 0.777. The third-order valence-corrected chi connectivity index (χ3v) is 3.66. The van der Waals surface area contributed by atoms with Crippen LogP contribution in [0.3, 0.4) is 0 Å². The lowest BCUT2D eigenvalue weighted by Gasteiger charge is -1.97. The Kier molecular flexibility index (Phi) is 2.99. The fourth-order valence-electron chi connectivity index (χ4n) is 1.74. The summed E-state index contributed by atoms with van der Waals surface area (Å²) in [7, 11) is 1.68. The molecule has 0 radical (unpaired) electrons. The van der Waals surface area contributed by atoms with E-state index in [1.807, 2.05) is 30.3 Å². The minimum Gasteiger partial charge on any atom is -0.364 e. The molecule has 0 saturated carbocycles. The highest BCUT2D eigenvalue weighted by Gasteiger charge is 2.20. The monoisotopic (exact) mass is 286 g/mol. The van der Waals surface area contributed by atoms with Crippen LogP contribution >= 0.6 is 11.3 Å². The van der Waals surface area contributed by atoms with Crippen molar-refractivity contribution in [3.05, 3.63) is 35.3 Å². The van der Waals surface area contributed by atoms with E-state index in [1.54, 1.807) is 7.05 Å². The first kappa shape index (κ1) is 12.4. The second-order valence-corrected chi connectivity index (χ2v) is 5.03. The van der Waals surface area contributed by atoms with Gasteiger partial charge in [0.05, 0.1) is 12.7 Å². The second-order valence-electron chi connectivity index (χ2n) is 4.03. The van der Waals surface area contributed by atoms with Crippen LogP contribution in [0.4, 0.5) is 0 Å². The fraction of sp³-hybridized carbons (Fsp3) is 0.0833. The number of tetrazole rings is 1. The molecule has 7 nitrogen and oxygen atoms in total. The van der Waals surface area contributed by atoms with Crippen molar-refractivity contribution in [1.82, 2.24) is 25.2 Å². The summed E-state index contributed by atoms with van der Waals surface area (Å²) in [5.41, 5.74) is 6.81. The molecule has 0 spiro atoms. The number of amides is 1. The molecule has 3 rings (SSSR count). The molecule has 0 atom stereocenters. The number of rotatable bonds is 3. The van der Waals surface area contributed by atoms with Gasteiger partial charge in [0.2, 0.25) is 5.82 Å². The summed E-state index contributed by atoms with van der Waals surface area (Å²) < 4.78 is 0. The van der Waals surface area contributed by atoms with Crippen molar-refractivity contribution in [2.75, 3.05) is 0 Å². The molecule has 0 bridgehead atoms. The maximum absolute atomic E-state index is 11.3. The Morgan fingerprint density at radius 3 is 2.65 bits per heavy atom. The lowest BCUT2D eigenvalue weighted by atomic mass is 10.1. The molecule has 0 aliphatic rings. The van der Waals surface area contributed by atoms with Crippen LogP contribution in [-0.2, 0) is 7.05 Å². The van der Waals surface area contributed by atoms with Crippen LogP contribution in [0, 0.1) is 0 Å². The van der Waals surface area contributed by atoms with Gasteiger partial charge in [-0.25, -0.2) is 4.98 Å². The number of aromatic nitrogens is 5. The van der Waals surface area contributed by atoms with Gasteiger partial charge in [0.15, 0.2) is 5.01 Å². The number of thiazole rings is 1. The first-order valence-corrected chi connectivity index (χ1v) is 6.57.